The number of nitrogens with zero attached hydrogens (tertiary/aromatic N) is 5. The molecule has 0 radical (unpaired) electrons. The first-order valence-corrected chi connectivity index (χ1v) is 13.0. The Morgan fingerprint density at radius 2 is 1.78 bits per heavy atom. The van der Waals surface area contributed by atoms with Gasteiger partial charge in [0.15, 0.2) is 11.2 Å². The SMILES string of the molecule is C.COc1ccc(-n2nc(C(N)=O)c3ncn(-c4ccc(-c5ccccc5CN5CCCC5)cc4F)c(=O)c32)cc1. The van der Waals surface area contributed by atoms with Gasteiger partial charge in [0.1, 0.15) is 23.4 Å². The Labute approximate surface area is 236 Å². The van der Waals surface area contributed by atoms with Crippen LogP contribution in [-0.2, 0) is 6.54 Å². The van der Waals surface area contributed by atoms with Crippen molar-refractivity contribution in [1.29, 1.82) is 0 Å². The van der Waals surface area contributed by atoms with Crippen molar-refractivity contribution in [2.24, 2.45) is 5.73 Å². The molecule has 1 saturated heterocycles. The maximum absolute atomic E-state index is 15.7. The van der Waals surface area contributed by atoms with Gasteiger partial charge in [0, 0.05) is 6.54 Å². The molecule has 1 aliphatic heterocycles. The lowest BCUT2D eigenvalue weighted by Crippen LogP contribution is -2.22. The standard InChI is InChI=1S/C30H27FN6O3.CH4/c1-40-22-11-9-21(10-12-22)37-28-26(27(34-37)29(32)38)33-18-36(30(28)39)25-13-8-19(16-24(25)31)23-7-3-2-6-20(23)17-35-14-4-5-15-35;/h2-3,6-13,16,18H,4-5,14-15,17H2,1H3,(H2,32,38);1H4. The van der Waals surface area contributed by atoms with Gasteiger partial charge in [0.2, 0.25) is 0 Å². The van der Waals surface area contributed by atoms with Gasteiger partial charge in [-0.3, -0.25) is 19.1 Å². The number of hydrogen-bond donors (Lipinski definition) is 1. The number of halogens is 1. The van der Waals surface area contributed by atoms with Gasteiger partial charge >= 0.3 is 0 Å². The molecule has 0 aliphatic carbocycles. The molecule has 0 bridgehead atoms. The van der Waals surface area contributed by atoms with E-state index in [4.69, 9.17) is 10.5 Å². The van der Waals surface area contributed by atoms with E-state index in [-0.39, 0.29) is 29.8 Å². The molecule has 3 heterocycles. The lowest BCUT2D eigenvalue weighted by Gasteiger charge is -2.18. The Kier molecular flexibility index (Phi) is 7.67. The van der Waals surface area contributed by atoms with Crippen LogP contribution in [0.5, 0.6) is 5.75 Å². The van der Waals surface area contributed by atoms with Gasteiger partial charge in [-0.2, -0.15) is 5.10 Å². The Morgan fingerprint density at radius 3 is 2.46 bits per heavy atom. The van der Waals surface area contributed by atoms with Crippen LogP contribution in [0.2, 0.25) is 0 Å². The molecular formula is C31H31FN6O3. The zero-order valence-electron chi connectivity index (χ0n) is 21.9. The van der Waals surface area contributed by atoms with E-state index in [1.807, 2.05) is 18.2 Å². The number of ether oxygens (including phenoxy) is 1. The van der Waals surface area contributed by atoms with Crippen molar-refractivity contribution in [2.75, 3.05) is 20.2 Å². The van der Waals surface area contributed by atoms with Crippen molar-refractivity contribution in [3.8, 4) is 28.3 Å². The van der Waals surface area contributed by atoms with Crippen LogP contribution in [0.1, 0.15) is 36.3 Å². The van der Waals surface area contributed by atoms with Gasteiger partial charge in [-0.1, -0.05) is 37.8 Å². The van der Waals surface area contributed by atoms with Crippen molar-refractivity contribution in [3.63, 3.8) is 0 Å². The average Bonchev–Trinajstić information content (AvgIpc) is 3.62. The topological polar surface area (TPSA) is 108 Å². The predicted molar refractivity (Wildman–Crippen MR) is 156 cm³/mol. The number of likely N-dealkylation sites (tertiary alicyclic amines) is 1. The van der Waals surface area contributed by atoms with Crippen LogP contribution < -0.4 is 16.0 Å². The second kappa shape index (κ2) is 11.3. The fourth-order valence-electron chi connectivity index (χ4n) is 5.25. The molecule has 2 N–H and O–H groups in total. The number of carbonyl (C=O) groups is 1. The highest BCUT2D eigenvalue weighted by Gasteiger charge is 2.23. The van der Waals surface area contributed by atoms with Crippen LogP contribution >= 0.6 is 0 Å². The van der Waals surface area contributed by atoms with E-state index in [2.05, 4.69) is 21.0 Å². The van der Waals surface area contributed by atoms with Gasteiger partial charge in [0.25, 0.3) is 11.5 Å². The summed E-state index contributed by atoms with van der Waals surface area (Å²) < 4.78 is 23.3. The normalized spacial score (nSPS) is 13.3. The van der Waals surface area contributed by atoms with Crippen molar-refractivity contribution in [3.05, 3.63) is 100 Å². The van der Waals surface area contributed by atoms with Crippen LogP contribution in [0.4, 0.5) is 4.39 Å². The minimum absolute atomic E-state index is 0. The number of amides is 1. The molecule has 0 unspecified atom stereocenters. The maximum atomic E-state index is 15.7. The number of carbonyl (C=O) groups excluding carboxylic acids is 1. The zero-order chi connectivity index (χ0) is 27.8. The third-order valence-corrected chi connectivity index (χ3v) is 7.26. The molecule has 1 amide bonds. The molecule has 9 nitrogen and oxygen atoms in total. The van der Waals surface area contributed by atoms with Crippen molar-refractivity contribution < 1.29 is 13.9 Å². The number of primary amides is 1. The number of nitrogens with two attached hydrogens (primary N) is 1. The molecule has 0 atom stereocenters. The third-order valence-electron chi connectivity index (χ3n) is 7.26. The summed E-state index contributed by atoms with van der Waals surface area (Å²) in [6.45, 7) is 2.92. The van der Waals surface area contributed by atoms with E-state index in [1.54, 1.807) is 36.4 Å². The number of aromatic nitrogens is 4. The molecule has 5 aromatic rings. The van der Waals surface area contributed by atoms with Crippen LogP contribution in [0, 0.1) is 5.82 Å². The Morgan fingerprint density at radius 1 is 1.05 bits per heavy atom. The van der Waals surface area contributed by atoms with Crippen molar-refractivity contribution in [1.82, 2.24) is 24.2 Å². The second-order valence-corrected chi connectivity index (χ2v) is 9.75. The lowest BCUT2D eigenvalue weighted by molar-refractivity contribution is 0.0996. The summed E-state index contributed by atoms with van der Waals surface area (Å²) in [7, 11) is 1.54. The summed E-state index contributed by atoms with van der Waals surface area (Å²) in [6.07, 6.45) is 3.57. The summed E-state index contributed by atoms with van der Waals surface area (Å²) in [5.41, 5.74) is 8.13. The summed E-state index contributed by atoms with van der Waals surface area (Å²) in [5.74, 6) is -0.803. The first kappa shape index (κ1) is 27.7. The fourth-order valence-corrected chi connectivity index (χ4v) is 5.25. The highest BCUT2D eigenvalue weighted by Crippen LogP contribution is 2.29. The summed E-state index contributed by atoms with van der Waals surface area (Å²) >= 11 is 0. The average molecular weight is 555 g/mol. The molecule has 10 heteroatoms. The summed E-state index contributed by atoms with van der Waals surface area (Å²) in [5, 5.41) is 4.27. The highest BCUT2D eigenvalue weighted by atomic mass is 19.1. The first-order chi connectivity index (χ1) is 19.4. The number of methoxy groups -OCH3 is 1. The molecule has 1 fully saturated rings. The van der Waals surface area contributed by atoms with E-state index in [0.29, 0.717) is 11.4 Å². The maximum Gasteiger partial charge on any atom is 0.284 e. The molecule has 210 valence electrons. The summed E-state index contributed by atoms with van der Waals surface area (Å²) in [6, 6.07) is 19.5. The smallest absolute Gasteiger partial charge is 0.284 e. The molecule has 3 aromatic carbocycles. The van der Waals surface area contributed by atoms with Gasteiger partial charge in [-0.15, -0.1) is 0 Å². The number of rotatable bonds is 7. The zero-order valence-corrected chi connectivity index (χ0v) is 21.9. The molecule has 0 spiro atoms. The van der Waals surface area contributed by atoms with Crippen LogP contribution in [-0.4, -0.2) is 50.3 Å². The Hall–Kier alpha value is -4.83. The fraction of sp³-hybridized carbons (Fsp3) is 0.226. The second-order valence-electron chi connectivity index (χ2n) is 9.75. The van der Waals surface area contributed by atoms with Crippen molar-refractivity contribution in [2.45, 2.75) is 26.8 Å². The molecule has 41 heavy (non-hydrogen) atoms. The molecule has 0 saturated carbocycles. The minimum Gasteiger partial charge on any atom is -0.497 e. The van der Waals surface area contributed by atoms with E-state index in [0.717, 1.165) is 40.9 Å². The predicted octanol–water partition coefficient (Wildman–Crippen LogP) is 4.72. The van der Waals surface area contributed by atoms with Crippen molar-refractivity contribution >= 4 is 16.9 Å². The van der Waals surface area contributed by atoms with Crippen LogP contribution in [0.3, 0.4) is 0 Å². The van der Waals surface area contributed by atoms with Crippen LogP contribution in [0.15, 0.2) is 77.9 Å². The quantitative estimate of drug-likeness (QED) is 0.312. The highest BCUT2D eigenvalue weighted by molar-refractivity contribution is 6.02. The molecular weight excluding hydrogens is 523 g/mol. The monoisotopic (exact) mass is 554 g/mol. The van der Waals surface area contributed by atoms with Crippen LogP contribution in [0.25, 0.3) is 33.5 Å². The van der Waals surface area contributed by atoms with Gasteiger partial charge in [0.05, 0.1) is 18.5 Å². The van der Waals surface area contributed by atoms with Gasteiger partial charge in [-0.05, 0) is 79.0 Å². The number of benzene rings is 3. The number of hydrogen-bond acceptors (Lipinski definition) is 6. The van der Waals surface area contributed by atoms with E-state index in [1.165, 1.54) is 37.0 Å². The third kappa shape index (κ3) is 5.09. The summed E-state index contributed by atoms with van der Waals surface area (Å²) in [4.78, 5) is 32.5. The molecule has 2 aromatic heterocycles. The number of fused-ring (bicyclic) bond motifs is 1. The Bertz CT molecular complexity index is 1790. The molecule has 1 aliphatic rings. The van der Waals surface area contributed by atoms with Gasteiger partial charge in [-0.25, -0.2) is 14.1 Å². The van der Waals surface area contributed by atoms with E-state index < -0.39 is 17.3 Å². The van der Waals surface area contributed by atoms with E-state index >= 15 is 4.39 Å². The van der Waals surface area contributed by atoms with E-state index in [9.17, 15) is 9.59 Å². The largest absolute Gasteiger partial charge is 0.497 e. The molecule has 6 rings (SSSR count). The van der Waals surface area contributed by atoms with Gasteiger partial charge < -0.3 is 10.5 Å². The first-order valence-electron chi connectivity index (χ1n) is 13.0. The Balaban J connectivity index is 0.00000337. The minimum atomic E-state index is -0.829. The lowest BCUT2D eigenvalue weighted by atomic mass is 9.99.